The lowest BCUT2D eigenvalue weighted by Gasteiger charge is -2.13. The molecule has 0 spiro atoms. The van der Waals surface area contributed by atoms with Gasteiger partial charge in [-0.25, -0.2) is 0 Å². The number of amides is 2. The second-order valence-corrected chi connectivity index (χ2v) is 5.95. The van der Waals surface area contributed by atoms with Gasteiger partial charge in [0.15, 0.2) is 0 Å². The van der Waals surface area contributed by atoms with Gasteiger partial charge in [0.05, 0.1) is 18.3 Å². The van der Waals surface area contributed by atoms with Crippen molar-refractivity contribution in [2.24, 2.45) is 0 Å². The minimum absolute atomic E-state index is 0.00707. The van der Waals surface area contributed by atoms with Crippen LogP contribution in [0.15, 0.2) is 48.5 Å². The van der Waals surface area contributed by atoms with Crippen molar-refractivity contribution in [2.45, 2.75) is 33.3 Å². The maximum absolute atomic E-state index is 12.3. The standard InChI is InChI=1S/C20H24N2O4/c1-4-12-25-18-11-6-5-10-17(18)20(24)22-21-19(23)15-8-7-9-16(13-15)26-14(2)3/h5-11,13-14H,4,12H2,1-3H3,(H,21,23)(H,22,24). The van der Waals surface area contributed by atoms with E-state index in [-0.39, 0.29) is 6.10 Å². The van der Waals surface area contributed by atoms with Crippen LogP contribution in [-0.2, 0) is 0 Å². The molecule has 0 aliphatic heterocycles. The van der Waals surface area contributed by atoms with Crippen molar-refractivity contribution >= 4 is 11.8 Å². The highest BCUT2D eigenvalue weighted by atomic mass is 16.5. The van der Waals surface area contributed by atoms with E-state index in [0.717, 1.165) is 6.42 Å². The predicted molar refractivity (Wildman–Crippen MR) is 99.4 cm³/mol. The fraction of sp³-hybridized carbons (Fsp3) is 0.300. The van der Waals surface area contributed by atoms with Crippen molar-refractivity contribution in [3.05, 3.63) is 59.7 Å². The van der Waals surface area contributed by atoms with Gasteiger partial charge in [-0.1, -0.05) is 25.1 Å². The number of ether oxygens (including phenoxy) is 2. The lowest BCUT2D eigenvalue weighted by molar-refractivity contribution is 0.0844. The van der Waals surface area contributed by atoms with Crippen LogP contribution in [0.1, 0.15) is 47.9 Å². The number of rotatable bonds is 7. The monoisotopic (exact) mass is 356 g/mol. The zero-order valence-corrected chi connectivity index (χ0v) is 15.2. The van der Waals surface area contributed by atoms with Gasteiger partial charge in [0.2, 0.25) is 0 Å². The van der Waals surface area contributed by atoms with Gasteiger partial charge >= 0.3 is 0 Å². The van der Waals surface area contributed by atoms with E-state index in [2.05, 4.69) is 10.9 Å². The lowest BCUT2D eigenvalue weighted by atomic mass is 10.2. The first-order valence-electron chi connectivity index (χ1n) is 8.60. The van der Waals surface area contributed by atoms with E-state index in [4.69, 9.17) is 9.47 Å². The normalized spacial score (nSPS) is 10.3. The van der Waals surface area contributed by atoms with Crippen molar-refractivity contribution in [3.8, 4) is 11.5 Å². The van der Waals surface area contributed by atoms with Gasteiger partial charge < -0.3 is 9.47 Å². The average molecular weight is 356 g/mol. The average Bonchev–Trinajstić information content (AvgIpc) is 2.64. The van der Waals surface area contributed by atoms with Gasteiger partial charge in [-0.05, 0) is 50.6 Å². The van der Waals surface area contributed by atoms with Crippen LogP contribution in [-0.4, -0.2) is 24.5 Å². The molecule has 0 radical (unpaired) electrons. The highest BCUT2D eigenvalue weighted by molar-refractivity contribution is 6.00. The van der Waals surface area contributed by atoms with Crippen LogP contribution in [0.25, 0.3) is 0 Å². The summed E-state index contributed by atoms with van der Waals surface area (Å²) >= 11 is 0. The number of hydrazine groups is 1. The first-order chi connectivity index (χ1) is 12.5. The largest absolute Gasteiger partial charge is 0.493 e. The smallest absolute Gasteiger partial charge is 0.273 e. The van der Waals surface area contributed by atoms with Crippen LogP contribution in [0, 0.1) is 0 Å². The molecule has 0 atom stereocenters. The highest BCUT2D eigenvalue weighted by Crippen LogP contribution is 2.18. The summed E-state index contributed by atoms with van der Waals surface area (Å²) in [4.78, 5) is 24.6. The third-order valence-electron chi connectivity index (χ3n) is 3.35. The van der Waals surface area contributed by atoms with E-state index in [0.29, 0.717) is 29.2 Å². The summed E-state index contributed by atoms with van der Waals surface area (Å²) < 4.78 is 11.1. The van der Waals surface area contributed by atoms with Gasteiger partial charge in [0.1, 0.15) is 11.5 Å². The molecule has 6 heteroatoms. The van der Waals surface area contributed by atoms with Crippen LogP contribution in [0.2, 0.25) is 0 Å². The summed E-state index contributed by atoms with van der Waals surface area (Å²) in [5.74, 6) is 0.199. The lowest BCUT2D eigenvalue weighted by Crippen LogP contribution is -2.41. The van der Waals surface area contributed by atoms with Crippen LogP contribution in [0.4, 0.5) is 0 Å². The summed E-state index contributed by atoms with van der Waals surface area (Å²) in [6.07, 6.45) is 0.842. The maximum Gasteiger partial charge on any atom is 0.273 e. The fourth-order valence-electron chi connectivity index (χ4n) is 2.23. The molecule has 0 heterocycles. The van der Waals surface area contributed by atoms with E-state index >= 15 is 0 Å². The Bertz CT molecular complexity index is 759. The number of hydrogen-bond donors (Lipinski definition) is 2. The Hall–Kier alpha value is -3.02. The Kier molecular flexibility index (Phi) is 7.02. The minimum atomic E-state index is -0.445. The molecule has 26 heavy (non-hydrogen) atoms. The van der Waals surface area contributed by atoms with E-state index in [1.165, 1.54) is 0 Å². The molecule has 0 aliphatic carbocycles. The second kappa shape index (κ2) is 9.46. The number of hydrogen-bond acceptors (Lipinski definition) is 4. The molecule has 0 unspecified atom stereocenters. The Morgan fingerprint density at radius 3 is 2.46 bits per heavy atom. The van der Waals surface area contributed by atoms with E-state index in [1.54, 1.807) is 48.5 Å². The van der Waals surface area contributed by atoms with Crippen LogP contribution in [0.3, 0.4) is 0 Å². The minimum Gasteiger partial charge on any atom is -0.493 e. The zero-order chi connectivity index (χ0) is 18.9. The van der Waals surface area contributed by atoms with Crippen molar-refractivity contribution in [1.82, 2.24) is 10.9 Å². The second-order valence-electron chi connectivity index (χ2n) is 5.95. The Labute approximate surface area is 153 Å². The van der Waals surface area contributed by atoms with Gasteiger partial charge in [0.25, 0.3) is 11.8 Å². The molecule has 2 N–H and O–H groups in total. The first-order valence-corrected chi connectivity index (χ1v) is 8.60. The van der Waals surface area contributed by atoms with Gasteiger partial charge in [-0.15, -0.1) is 0 Å². The van der Waals surface area contributed by atoms with Crippen LogP contribution < -0.4 is 20.3 Å². The quantitative estimate of drug-likeness (QED) is 0.746. The Morgan fingerprint density at radius 2 is 1.73 bits per heavy atom. The molecular formula is C20H24N2O4. The molecule has 0 bridgehead atoms. The summed E-state index contributed by atoms with van der Waals surface area (Å²) in [5, 5.41) is 0. The van der Waals surface area contributed by atoms with Crippen LogP contribution in [0.5, 0.6) is 11.5 Å². The third kappa shape index (κ3) is 5.51. The Morgan fingerprint density at radius 1 is 1.00 bits per heavy atom. The number of para-hydroxylation sites is 1. The summed E-state index contributed by atoms with van der Waals surface area (Å²) in [7, 11) is 0. The molecule has 0 aromatic heterocycles. The summed E-state index contributed by atoms with van der Waals surface area (Å²) in [5.41, 5.74) is 5.57. The fourth-order valence-corrected chi connectivity index (χ4v) is 2.23. The SMILES string of the molecule is CCCOc1ccccc1C(=O)NNC(=O)c1cccc(OC(C)C)c1. The number of benzene rings is 2. The third-order valence-corrected chi connectivity index (χ3v) is 3.35. The predicted octanol–water partition coefficient (Wildman–Crippen LogP) is 3.34. The summed E-state index contributed by atoms with van der Waals surface area (Å²) in [6.45, 7) is 6.31. The van der Waals surface area contributed by atoms with Crippen molar-refractivity contribution in [1.29, 1.82) is 0 Å². The Balaban J connectivity index is 2.00. The topological polar surface area (TPSA) is 76.7 Å². The maximum atomic E-state index is 12.3. The molecule has 0 saturated heterocycles. The van der Waals surface area contributed by atoms with Crippen molar-refractivity contribution in [2.75, 3.05) is 6.61 Å². The molecule has 2 aromatic carbocycles. The van der Waals surface area contributed by atoms with E-state index in [1.807, 2.05) is 20.8 Å². The molecule has 138 valence electrons. The van der Waals surface area contributed by atoms with Gasteiger partial charge in [-0.2, -0.15) is 0 Å². The van der Waals surface area contributed by atoms with Crippen LogP contribution >= 0.6 is 0 Å². The van der Waals surface area contributed by atoms with Crippen molar-refractivity contribution in [3.63, 3.8) is 0 Å². The molecule has 0 aliphatic rings. The summed E-state index contributed by atoms with van der Waals surface area (Å²) in [6, 6.07) is 13.7. The molecular weight excluding hydrogens is 332 g/mol. The first kappa shape index (κ1) is 19.3. The molecule has 2 amide bonds. The van der Waals surface area contributed by atoms with Gasteiger partial charge in [0, 0.05) is 5.56 Å². The molecule has 0 saturated carbocycles. The number of carbonyl (C=O) groups is 2. The van der Waals surface area contributed by atoms with E-state index in [9.17, 15) is 9.59 Å². The molecule has 2 rings (SSSR count). The number of nitrogens with one attached hydrogen (secondary N) is 2. The zero-order valence-electron chi connectivity index (χ0n) is 15.2. The molecule has 2 aromatic rings. The number of carbonyl (C=O) groups excluding carboxylic acids is 2. The highest BCUT2D eigenvalue weighted by Gasteiger charge is 2.14. The molecule has 6 nitrogen and oxygen atoms in total. The molecule has 0 fully saturated rings. The van der Waals surface area contributed by atoms with E-state index < -0.39 is 11.8 Å². The van der Waals surface area contributed by atoms with Crippen molar-refractivity contribution < 1.29 is 19.1 Å². The van der Waals surface area contributed by atoms with Gasteiger partial charge in [-0.3, -0.25) is 20.4 Å².